The third kappa shape index (κ3) is 2.81. The van der Waals surface area contributed by atoms with Crippen LogP contribution in [-0.4, -0.2) is 12.6 Å². The van der Waals surface area contributed by atoms with Crippen molar-refractivity contribution in [1.82, 2.24) is 0 Å². The van der Waals surface area contributed by atoms with Crippen LogP contribution in [0, 0.1) is 13.8 Å². The van der Waals surface area contributed by atoms with Gasteiger partial charge in [0.25, 0.3) is 0 Å². The van der Waals surface area contributed by atoms with Gasteiger partial charge in [0.2, 0.25) is 0 Å². The fraction of sp³-hybridized carbons (Fsp3) is 0.353. The zero-order chi connectivity index (χ0) is 15.6. The van der Waals surface area contributed by atoms with Gasteiger partial charge in [-0.05, 0) is 49.4 Å². The predicted octanol–water partition coefficient (Wildman–Crippen LogP) is 4.35. The third-order valence-electron chi connectivity index (χ3n) is 3.57. The number of nitrogen functional groups attached to an aromatic ring is 1. The molecule has 1 aromatic heterocycles. The van der Waals surface area contributed by atoms with Gasteiger partial charge in [0.15, 0.2) is 0 Å². The summed E-state index contributed by atoms with van der Waals surface area (Å²) >= 11 is 1.44. The van der Waals surface area contributed by atoms with E-state index >= 15 is 0 Å². The third-order valence-corrected chi connectivity index (χ3v) is 4.82. The van der Waals surface area contributed by atoms with Crippen molar-refractivity contribution in [3.8, 4) is 10.4 Å². The first-order valence-corrected chi connectivity index (χ1v) is 7.97. The number of carbonyl (C=O) groups is 1. The van der Waals surface area contributed by atoms with Crippen molar-refractivity contribution in [1.29, 1.82) is 0 Å². The van der Waals surface area contributed by atoms with E-state index in [9.17, 15) is 4.79 Å². The second-order valence-corrected chi connectivity index (χ2v) is 6.01. The Morgan fingerprint density at radius 3 is 2.38 bits per heavy atom. The van der Waals surface area contributed by atoms with Crippen LogP contribution in [-0.2, 0) is 11.2 Å². The molecular weight excluding hydrogens is 282 g/mol. The molecule has 0 radical (unpaired) electrons. The van der Waals surface area contributed by atoms with Crippen LogP contribution in [0.25, 0.3) is 10.4 Å². The molecule has 2 N–H and O–H groups in total. The SMILES string of the molecule is CCOC(=O)c1sc(-c2c(C)cccc2C)c(CC)c1N. The zero-order valence-corrected chi connectivity index (χ0v) is 13.8. The standard InChI is InChI=1S/C17H21NO2S/c1-5-12-14(18)16(17(19)20-6-2)21-15(12)13-10(3)8-7-9-11(13)4/h7-9H,5-6,18H2,1-4H3. The Hall–Kier alpha value is -1.81. The highest BCUT2D eigenvalue weighted by molar-refractivity contribution is 7.18. The molecule has 21 heavy (non-hydrogen) atoms. The van der Waals surface area contributed by atoms with Gasteiger partial charge < -0.3 is 10.5 Å². The Labute approximate surface area is 129 Å². The molecule has 0 spiro atoms. The largest absolute Gasteiger partial charge is 0.462 e. The monoisotopic (exact) mass is 303 g/mol. The highest BCUT2D eigenvalue weighted by atomic mass is 32.1. The number of anilines is 1. The van der Waals surface area contributed by atoms with Gasteiger partial charge in [0.05, 0.1) is 12.3 Å². The lowest BCUT2D eigenvalue weighted by molar-refractivity contribution is 0.0533. The number of aryl methyl sites for hydroxylation is 2. The molecule has 0 saturated carbocycles. The molecule has 2 rings (SSSR count). The molecule has 0 amide bonds. The number of hydrogen-bond acceptors (Lipinski definition) is 4. The van der Waals surface area contributed by atoms with E-state index < -0.39 is 0 Å². The zero-order valence-electron chi connectivity index (χ0n) is 12.9. The fourth-order valence-corrected chi connectivity index (χ4v) is 3.93. The maximum Gasteiger partial charge on any atom is 0.350 e. The second kappa shape index (κ2) is 6.31. The summed E-state index contributed by atoms with van der Waals surface area (Å²) in [7, 11) is 0. The van der Waals surface area contributed by atoms with E-state index in [0.717, 1.165) is 16.9 Å². The van der Waals surface area contributed by atoms with Gasteiger partial charge in [-0.3, -0.25) is 0 Å². The lowest BCUT2D eigenvalue weighted by atomic mass is 9.98. The lowest BCUT2D eigenvalue weighted by Crippen LogP contribution is -2.05. The van der Waals surface area contributed by atoms with Crippen molar-refractivity contribution in [3.05, 3.63) is 39.8 Å². The summed E-state index contributed by atoms with van der Waals surface area (Å²) in [5.41, 5.74) is 11.4. The van der Waals surface area contributed by atoms with Gasteiger partial charge >= 0.3 is 5.97 Å². The van der Waals surface area contributed by atoms with Crippen LogP contribution in [0.3, 0.4) is 0 Å². The molecule has 0 fully saturated rings. The number of esters is 1. The van der Waals surface area contributed by atoms with Crippen LogP contribution in [0.4, 0.5) is 5.69 Å². The Kier molecular flexibility index (Phi) is 4.68. The average Bonchev–Trinajstić information content (AvgIpc) is 2.76. The van der Waals surface area contributed by atoms with E-state index in [1.54, 1.807) is 6.92 Å². The van der Waals surface area contributed by atoms with E-state index in [2.05, 4.69) is 32.9 Å². The highest BCUT2D eigenvalue weighted by Crippen LogP contribution is 2.41. The molecule has 0 saturated heterocycles. The number of nitrogens with two attached hydrogens (primary N) is 1. The van der Waals surface area contributed by atoms with Gasteiger partial charge in [0, 0.05) is 4.88 Å². The van der Waals surface area contributed by atoms with Crippen molar-refractivity contribution < 1.29 is 9.53 Å². The Morgan fingerprint density at radius 1 is 1.24 bits per heavy atom. The van der Waals surface area contributed by atoms with Gasteiger partial charge in [0.1, 0.15) is 4.88 Å². The number of carbonyl (C=O) groups excluding carboxylic acids is 1. The number of thiophene rings is 1. The summed E-state index contributed by atoms with van der Waals surface area (Å²) in [5, 5.41) is 0. The molecule has 0 aliphatic heterocycles. The van der Waals surface area contributed by atoms with Crippen molar-refractivity contribution in [2.24, 2.45) is 0 Å². The van der Waals surface area contributed by atoms with Crippen molar-refractivity contribution >= 4 is 23.0 Å². The highest BCUT2D eigenvalue weighted by Gasteiger charge is 2.23. The Morgan fingerprint density at radius 2 is 1.86 bits per heavy atom. The van der Waals surface area contributed by atoms with Gasteiger partial charge in [-0.25, -0.2) is 4.79 Å². The van der Waals surface area contributed by atoms with Crippen molar-refractivity contribution in [3.63, 3.8) is 0 Å². The number of benzene rings is 1. The molecule has 0 bridgehead atoms. The van der Waals surface area contributed by atoms with Crippen LogP contribution in [0.2, 0.25) is 0 Å². The fourth-order valence-electron chi connectivity index (χ4n) is 2.55. The number of rotatable bonds is 4. The molecule has 0 aliphatic rings. The van der Waals surface area contributed by atoms with Crippen LogP contribution in [0.1, 0.15) is 40.2 Å². The first-order chi connectivity index (χ1) is 10.0. The van der Waals surface area contributed by atoms with E-state index in [-0.39, 0.29) is 5.97 Å². The molecule has 0 atom stereocenters. The minimum atomic E-state index is -0.327. The topological polar surface area (TPSA) is 52.3 Å². The molecule has 0 aliphatic carbocycles. The molecule has 112 valence electrons. The first-order valence-electron chi connectivity index (χ1n) is 7.16. The first kappa shape index (κ1) is 15.6. The normalized spacial score (nSPS) is 10.7. The maximum atomic E-state index is 12.1. The second-order valence-electron chi connectivity index (χ2n) is 4.99. The summed E-state index contributed by atoms with van der Waals surface area (Å²) in [5.74, 6) is -0.327. The summed E-state index contributed by atoms with van der Waals surface area (Å²) in [6.45, 7) is 8.39. The Bertz CT molecular complexity index is 653. The van der Waals surface area contributed by atoms with Crippen molar-refractivity contribution in [2.75, 3.05) is 12.3 Å². The summed E-state index contributed by atoms with van der Waals surface area (Å²) < 4.78 is 5.11. The quantitative estimate of drug-likeness (QED) is 0.854. The van der Waals surface area contributed by atoms with Gasteiger partial charge in [-0.1, -0.05) is 25.1 Å². The molecule has 2 aromatic rings. The molecule has 0 unspecified atom stereocenters. The van der Waals surface area contributed by atoms with Gasteiger partial charge in [-0.2, -0.15) is 0 Å². The molecule has 1 aromatic carbocycles. The van der Waals surface area contributed by atoms with Gasteiger partial charge in [-0.15, -0.1) is 11.3 Å². The van der Waals surface area contributed by atoms with E-state index in [1.807, 2.05) is 6.07 Å². The number of hydrogen-bond donors (Lipinski definition) is 1. The Balaban J connectivity index is 2.64. The van der Waals surface area contributed by atoms with Crippen LogP contribution >= 0.6 is 11.3 Å². The predicted molar refractivity (Wildman–Crippen MR) is 89.0 cm³/mol. The minimum Gasteiger partial charge on any atom is -0.462 e. The van der Waals surface area contributed by atoms with Crippen molar-refractivity contribution in [2.45, 2.75) is 34.1 Å². The lowest BCUT2D eigenvalue weighted by Gasteiger charge is -2.10. The van der Waals surface area contributed by atoms with Crippen LogP contribution in [0.15, 0.2) is 18.2 Å². The van der Waals surface area contributed by atoms with Crippen LogP contribution in [0.5, 0.6) is 0 Å². The minimum absolute atomic E-state index is 0.327. The maximum absolute atomic E-state index is 12.1. The number of ether oxygens (including phenoxy) is 1. The molecular formula is C17H21NO2S. The molecule has 4 heteroatoms. The summed E-state index contributed by atoms with van der Waals surface area (Å²) in [6, 6.07) is 6.21. The smallest absolute Gasteiger partial charge is 0.350 e. The molecule has 1 heterocycles. The summed E-state index contributed by atoms with van der Waals surface area (Å²) in [6.07, 6.45) is 0.796. The van der Waals surface area contributed by atoms with E-state index in [1.165, 1.54) is 28.0 Å². The van der Waals surface area contributed by atoms with E-state index in [0.29, 0.717) is 17.2 Å². The average molecular weight is 303 g/mol. The summed E-state index contributed by atoms with van der Waals surface area (Å²) in [4.78, 5) is 13.7. The van der Waals surface area contributed by atoms with Crippen LogP contribution < -0.4 is 5.73 Å². The molecule has 3 nitrogen and oxygen atoms in total. The van der Waals surface area contributed by atoms with E-state index in [4.69, 9.17) is 10.5 Å².